The summed E-state index contributed by atoms with van der Waals surface area (Å²) in [7, 11) is 1.66. The Hall–Kier alpha value is -2.50. The number of carbonyl (C=O) groups excluding carboxylic acids is 1. The van der Waals surface area contributed by atoms with Crippen molar-refractivity contribution < 1.29 is 13.9 Å². The Kier molecular flexibility index (Phi) is 4.23. The predicted octanol–water partition coefficient (Wildman–Crippen LogP) is 2.26. The highest BCUT2D eigenvalue weighted by atomic mass is 16.5. The van der Waals surface area contributed by atoms with Gasteiger partial charge in [-0.05, 0) is 19.1 Å². The highest BCUT2D eigenvalue weighted by Crippen LogP contribution is 2.22. The van der Waals surface area contributed by atoms with Crippen molar-refractivity contribution in [3.63, 3.8) is 0 Å². The van der Waals surface area contributed by atoms with Crippen LogP contribution in [0.2, 0.25) is 0 Å². The third-order valence-electron chi connectivity index (χ3n) is 4.09. The number of rotatable bonds is 3. The number of benzene rings is 1. The lowest BCUT2D eigenvalue weighted by atomic mass is 10.2. The summed E-state index contributed by atoms with van der Waals surface area (Å²) in [5.41, 5.74) is 1.54. The standard InChI is InChI=1S/C17H21N3O3/c1-12-16(18-13(2)23-12)17(21)20-9-7-19(8-10-20)14-5-4-6-15(11-14)22-3/h4-6,11H,7-10H2,1-3H3. The van der Waals surface area contributed by atoms with Crippen LogP contribution in [0.4, 0.5) is 5.69 Å². The van der Waals surface area contributed by atoms with Crippen LogP contribution >= 0.6 is 0 Å². The van der Waals surface area contributed by atoms with Crippen molar-refractivity contribution in [3.05, 3.63) is 41.6 Å². The molecule has 6 nitrogen and oxygen atoms in total. The molecular formula is C17H21N3O3. The fraction of sp³-hybridized carbons (Fsp3) is 0.412. The first-order chi connectivity index (χ1) is 11.1. The quantitative estimate of drug-likeness (QED) is 0.869. The zero-order valence-corrected chi connectivity index (χ0v) is 13.7. The number of ether oxygens (including phenoxy) is 1. The molecule has 122 valence electrons. The lowest BCUT2D eigenvalue weighted by molar-refractivity contribution is 0.0739. The second-order valence-corrected chi connectivity index (χ2v) is 5.62. The Morgan fingerprint density at radius 2 is 1.96 bits per heavy atom. The second-order valence-electron chi connectivity index (χ2n) is 5.62. The molecule has 0 aliphatic carbocycles. The molecule has 0 N–H and O–H groups in total. The van der Waals surface area contributed by atoms with E-state index in [4.69, 9.17) is 9.15 Å². The van der Waals surface area contributed by atoms with Crippen LogP contribution in [-0.4, -0.2) is 49.1 Å². The molecule has 0 unspecified atom stereocenters. The molecule has 23 heavy (non-hydrogen) atoms. The highest BCUT2D eigenvalue weighted by molar-refractivity contribution is 5.93. The minimum Gasteiger partial charge on any atom is -0.497 e. The van der Waals surface area contributed by atoms with Crippen molar-refractivity contribution >= 4 is 11.6 Å². The van der Waals surface area contributed by atoms with E-state index in [-0.39, 0.29) is 5.91 Å². The molecule has 2 heterocycles. The Balaban J connectivity index is 1.66. The third kappa shape index (κ3) is 3.16. The van der Waals surface area contributed by atoms with E-state index in [1.54, 1.807) is 21.0 Å². The average molecular weight is 315 g/mol. The molecule has 1 saturated heterocycles. The first kappa shape index (κ1) is 15.4. The van der Waals surface area contributed by atoms with Gasteiger partial charge in [0.25, 0.3) is 5.91 Å². The lowest BCUT2D eigenvalue weighted by Crippen LogP contribution is -2.49. The van der Waals surface area contributed by atoms with Crippen molar-refractivity contribution in [3.8, 4) is 5.75 Å². The number of aromatic nitrogens is 1. The summed E-state index contributed by atoms with van der Waals surface area (Å²) in [6.07, 6.45) is 0. The van der Waals surface area contributed by atoms with Crippen LogP contribution in [0.15, 0.2) is 28.7 Å². The number of hydrogen-bond donors (Lipinski definition) is 0. The van der Waals surface area contributed by atoms with Crippen LogP contribution in [0.3, 0.4) is 0 Å². The van der Waals surface area contributed by atoms with Gasteiger partial charge in [-0.1, -0.05) is 6.07 Å². The maximum absolute atomic E-state index is 12.5. The second kappa shape index (κ2) is 6.32. The average Bonchev–Trinajstić information content (AvgIpc) is 2.93. The van der Waals surface area contributed by atoms with Gasteiger partial charge < -0.3 is 19.0 Å². The zero-order chi connectivity index (χ0) is 16.4. The first-order valence-electron chi connectivity index (χ1n) is 7.71. The van der Waals surface area contributed by atoms with Crippen molar-refractivity contribution in [2.75, 3.05) is 38.2 Å². The van der Waals surface area contributed by atoms with Gasteiger partial charge in [0.1, 0.15) is 11.5 Å². The fourth-order valence-corrected chi connectivity index (χ4v) is 2.85. The van der Waals surface area contributed by atoms with Crippen molar-refractivity contribution in [2.45, 2.75) is 13.8 Å². The number of carbonyl (C=O) groups is 1. The Bertz CT molecular complexity index is 703. The number of nitrogens with zero attached hydrogens (tertiary/aromatic N) is 3. The van der Waals surface area contributed by atoms with Crippen molar-refractivity contribution in [1.82, 2.24) is 9.88 Å². The summed E-state index contributed by atoms with van der Waals surface area (Å²) < 4.78 is 10.6. The number of oxazole rings is 1. The van der Waals surface area contributed by atoms with Gasteiger partial charge in [-0.25, -0.2) is 4.98 Å². The van der Waals surface area contributed by atoms with Gasteiger partial charge in [0.05, 0.1) is 7.11 Å². The molecule has 0 saturated carbocycles. The molecule has 0 radical (unpaired) electrons. The molecule has 1 aliphatic rings. The number of anilines is 1. The lowest BCUT2D eigenvalue weighted by Gasteiger charge is -2.36. The van der Waals surface area contributed by atoms with Gasteiger partial charge in [-0.3, -0.25) is 4.79 Å². The fourth-order valence-electron chi connectivity index (χ4n) is 2.85. The topological polar surface area (TPSA) is 58.8 Å². The van der Waals surface area contributed by atoms with Crippen molar-refractivity contribution in [1.29, 1.82) is 0 Å². The van der Waals surface area contributed by atoms with Crippen LogP contribution < -0.4 is 9.64 Å². The monoisotopic (exact) mass is 315 g/mol. The van der Waals surface area contributed by atoms with Gasteiger partial charge in [0, 0.05) is 44.9 Å². The molecule has 2 aromatic rings. The molecule has 1 fully saturated rings. The van der Waals surface area contributed by atoms with Gasteiger partial charge in [-0.15, -0.1) is 0 Å². The van der Waals surface area contributed by atoms with Crippen LogP contribution in [0.1, 0.15) is 22.1 Å². The number of methoxy groups -OCH3 is 1. The maximum Gasteiger partial charge on any atom is 0.276 e. The molecule has 1 amide bonds. The Labute approximate surface area is 135 Å². The van der Waals surface area contributed by atoms with E-state index < -0.39 is 0 Å². The smallest absolute Gasteiger partial charge is 0.276 e. The summed E-state index contributed by atoms with van der Waals surface area (Å²) in [6.45, 7) is 6.44. The van der Waals surface area contributed by atoms with Gasteiger partial charge in [0.15, 0.2) is 11.6 Å². The van der Waals surface area contributed by atoms with Crippen LogP contribution in [0, 0.1) is 13.8 Å². The van der Waals surface area contributed by atoms with Gasteiger partial charge in [0.2, 0.25) is 0 Å². The minimum absolute atomic E-state index is 0.0513. The number of hydrogen-bond acceptors (Lipinski definition) is 5. The van der Waals surface area contributed by atoms with E-state index in [0.29, 0.717) is 30.4 Å². The molecule has 0 bridgehead atoms. The molecular weight excluding hydrogens is 294 g/mol. The van der Waals surface area contributed by atoms with E-state index in [0.717, 1.165) is 24.5 Å². The van der Waals surface area contributed by atoms with E-state index in [1.165, 1.54) is 0 Å². The third-order valence-corrected chi connectivity index (χ3v) is 4.09. The highest BCUT2D eigenvalue weighted by Gasteiger charge is 2.26. The Morgan fingerprint density at radius 3 is 2.57 bits per heavy atom. The normalized spacial score (nSPS) is 14.9. The number of piperazine rings is 1. The van der Waals surface area contributed by atoms with Crippen LogP contribution in [0.5, 0.6) is 5.75 Å². The van der Waals surface area contributed by atoms with Gasteiger partial charge in [-0.2, -0.15) is 0 Å². The van der Waals surface area contributed by atoms with E-state index in [2.05, 4.69) is 16.0 Å². The summed E-state index contributed by atoms with van der Waals surface area (Å²) in [5, 5.41) is 0. The van der Waals surface area contributed by atoms with Gasteiger partial charge >= 0.3 is 0 Å². The van der Waals surface area contributed by atoms with E-state index in [1.807, 2.05) is 23.1 Å². The molecule has 0 atom stereocenters. The molecule has 1 aromatic carbocycles. The molecule has 1 aromatic heterocycles. The summed E-state index contributed by atoms with van der Waals surface area (Å²) in [5.74, 6) is 1.91. The molecule has 1 aliphatic heterocycles. The summed E-state index contributed by atoms with van der Waals surface area (Å²) >= 11 is 0. The number of amides is 1. The maximum atomic E-state index is 12.5. The SMILES string of the molecule is COc1cccc(N2CCN(C(=O)c3nc(C)oc3C)CC2)c1. The zero-order valence-electron chi connectivity index (χ0n) is 13.7. The molecule has 6 heteroatoms. The largest absolute Gasteiger partial charge is 0.497 e. The molecule has 0 spiro atoms. The van der Waals surface area contributed by atoms with E-state index >= 15 is 0 Å². The van der Waals surface area contributed by atoms with E-state index in [9.17, 15) is 4.79 Å². The number of aryl methyl sites for hydroxylation is 2. The summed E-state index contributed by atoms with van der Waals surface area (Å²) in [6, 6.07) is 7.99. The first-order valence-corrected chi connectivity index (χ1v) is 7.71. The van der Waals surface area contributed by atoms with Crippen LogP contribution in [0.25, 0.3) is 0 Å². The Morgan fingerprint density at radius 1 is 1.22 bits per heavy atom. The van der Waals surface area contributed by atoms with Crippen molar-refractivity contribution in [2.24, 2.45) is 0 Å². The van der Waals surface area contributed by atoms with Crippen LogP contribution in [-0.2, 0) is 0 Å². The summed E-state index contributed by atoms with van der Waals surface area (Å²) in [4.78, 5) is 20.8. The minimum atomic E-state index is -0.0513. The molecule has 3 rings (SSSR count). The predicted molar refractivity (Wildman–Crippen MR) is 87.1 cm³/mol.